The Bertz CT molecular complexity index is 433. The maximum absolute atomic E-state index is 12.0. The van der Waals surface area contributed by atoms with Gasteiger partial charge in [0.15, 0.2) is 5.89 Å². The van der Waals surface area contributed by atoms with E-state index < -0.39 is 0 Å². The number of hydrogen-bond donors (Lipinski definition) is 2. The van der Waals surface area contributed by atoms with Crippen LogP contribution in [0.25, 0.3) is 0 Å². The van der Waals surface area contributed by atoms with Gasteiger partial charge >= 0.3 is 0 Å². The Morgan fingerprint density at radius 1 is 1.39 bits per heavy atom. The molecule has 5 heteroatoms. The van der Waals surface area contributed by atoms with Crippen LogP contribution in [0.3, 0.4) is 0 Å². The van der Waals surface area contributed by atoms with E-state index in [1.54, 1.807) is 13.8 Å². The fourth-order valence-electron chi connectivity index (χ4n) is 2.51. The number of nitrogens with one attached hydrogen (secondary N) is 1. The molecule has 1 aliphatic rings. The molecule has 2 rings (SSSR count). The second-order valence-electron chi connectivity index (χ2n) is 5.25. The van der Waals surface area contributed by atoms with Gasteiger partial charge in [-0.15, -0.1) is 0 Å². The molecule has 1 saturated carbocycles. The van der Waals surface area contributed by atoms with Crippen LogP contribution < -0.4 is 11.1 Å². The largest absolute Gasteiger partial charge is 0.436 e. The number of hydrogen-bond acceptors (Lipinski definition) is 4. The first kappa shape index (κ1) is 13.1. The number of nitrogens with zero attached hydrogens (tertiary/aromatic N) is 1. The normalized spacial score (nSPS) is 18.6. The minimum Gasteiger partial charge on any atom is -0.436 e. The van der Waals surface area contributed by atoms with Gasteiger partial charge in [0.2, 0.25) is 5.76 Å². The molecule has 18 heavy (non-hydrogen) atoms. The number of rotatable bonds is 3. The van der Waals surface area contributed by atoms with Crippen molar-refractivity contribution in [2.75, 3.05) is 6.54 Å². The van der Waals surface area contributed by atoms with Crippen LogP contribution in [-0.4, -0.2) is 23.0 Å². The Morgan fingerprint density at radius 2 is 2.06 bits per heavy atom. The van der Waals surface area contributed by atoms with Gasteiger partial charge in [-0.2, -0.15) is 0 Å². The highest BCUT2D eigenvalue weighted by Gasteiger charge is 2.28. The molecule has 0 aromatic carbocycles. The lowest BCUT2D eigenvalue weighted by molar-refractivity contribution is 0.0907. The van der Waals surface area contributed by atoms with E-state index in [4.69, 9.17) is 10.2 Å². The van der Waals surface area contributed by atoms with Gasteiger partial charge in [0.1, 0.15) is 0 Å². The van der Waals surface area contributed by atoms with Crippen LogP contribution in [0.2, 0.25) is 0 Å². The minimum atomic E-state index is -0.253. The van der Waals surface area contributed by atoms with Crippen LogP contribution in [0.5, 0.6) is 0 Å². The van der Waals surface area contributed by atoms with Gasteiger partial charge in [0.05, 0.1) is 5.69 Å². The highest BCUT2D eigenvalue weighted by Crippen LogP contribution is 2.25. The molecular weight excluding hydrogens is 230 g/mol. The van der Waals surface area contributed by atoms with Crippen molar-refractivity contribution < 1.29 is 9.21 Å². The third kappa shape index (κ3) is 2.90. The first-order valence-electron chi connectivity index (χ1n) is 6.51. The van der Waals surface area contributed by atoms with E-state index in [0.717, 1.165) is 25.7 Å². The fraction of sp³-hybridized carbons (Fsp3) is 0.692. The number of carbonyl (C=O) groups is 1. The number of nitrogens with two attached hydrogens (primary N) is 1. The van der Waals surface area contributed by atoms with Crippen LogP contribution >= 0.6 is 0 Å². The predicted molar refractivity (Wildman–Crippen MR) is 68.3 cm³/mol. The number of amides is 1. The monoisotopic (exact) mass is 251 g/mol. The summed E-state index contributed by atoms with van der Waals surface area (Å²) in [6.07, 6.45) is 5.48. The van der Waals surface area contributed by atoms with E-state index >= 15 is 0 Å². The van der Waals surface area contributed by atoms with E-state index in [9.17, 15) is 4.79 Å². The second kappa shape index (κ2) is 5.10. The molecule has 0 radical (unpaired) electrons. The number of aryl methyl sites for hydroxylation is 2. The Labute approximate surface area is 107 Å². The summed E-state index contributed by atoms with van der Waals surface area (Å²) in [6, 6.07) is 0. The van der Waals surface area contributed by atoms with E-state index in [1.165, 1.54) is 6.42 Å². The first-order chi connectivity index (χ1) is 8.50. The lowest BCUT2D eigenvalue weighted by Gasteiger charge is -2.33. The molecule has 0 bridgehead atoms. The predicted octanol–water partition coefficient (Wildman–Crippen LogP) is 1.68. The summed E-state index contributed by atoms with van der Waals surface area (Å²) < 4.78 is 5.28. The Morgan fingerprint density at radius 3 is 2.61 bits per heavy atom. The van der Waals surface area contributed by atoms with Crippen molar-refractivity contribution in [1.82, 2.24) is 10.3 Å². The molecule has 0 atom stereocenters. The van der Waals surface area contributed by atoms with Crippen LogP contribution in [0, 0.1) is 13.8 Å². The average Bonchev–Trinajstić information content (AvgIpc) is 2.67. The topological polar surface area (TPSA) is 81.2 Å². The molecule has 3 N–H and O–H groups in total. The molecule has 1 aromatic heterocycles. The van der Waals surface area contributed by atoms with Gasteiger partial charge in [-0.25, -0.2) is 4.98 Å². The maximum Gasteiger partial charge on any atom is 0.289 e. The van der Waals surface area contributed by atoms with E-state index in [0.29, 0.717) is 23.9 Å². The van der Waals surface area contributed by atoms with E-state index in [-0.39, 0.29) is 11.4 Å². The Balaban J connectivity index is 1.94. The molecule has 100 valence electrons. The number of carbonyl (C=O) groups excluding carboxylic acids is 1. The van der Waals surface area contributed by atoms with Crippen molar-refractivity contribution >= 4 is 5.91 Å². The molecule has 1 heterocycles. The summed E-state index contributed by atoms with van der Waals surface area (Å²) in [4.78, 5) is 16.0. The van der Waals surface area contributed by atoms with Gasteiger partial charge in [-0.3, -0.25) is 4.79 Å². The quantitative estimate of drug-likeness (QED) is 0.856. The third-order valence-corrected chi connectivity index (χ3v) is 3.56. The molecule has 1 aliphatic carbocycles. The van der Waals surface area contributed by atoms with Crippen molar-refractivity contribution in [1.29, 1.82) is 0 Å². The van der Waals surface area contributed by atoms with Crippen molar-refractivity contribution in [2.45, 2.75) is 51.5 Å². The minimum absolute atomic E-state index is 0.219. The van der Waals surface area contributed by atoms with Gasteiger partial charge < -0.3 is 15.5 Å². The van der Waals surface area contributed by atoms with E-state index in [1.807, 2.05) is 0 Å². The van der Waals surface area contributed by atoms with Gasteiger partial charge in [0.25, 0.3) is 5.91 Å². The van der Waals surface area contributed by atoms with Crippen molar-refractivity contribution in [3.63, 3.8) is 0 Å². The summed E-state index contributed by atoms with van der Waals surface area (Å²) in [5.74, 6) is 0.591. The number of oxazole rings is 1. The average molecular weight is 251 g/mol. The van der Waals surface area contributed by atoms with Crippen LogP contribution in [0.15, 0.2) is 4.42 Å². The van der Waals surface area contributed by atoms with Crippen LogP contribution in [-0.2, 0) is 0 Å². The smallest absolute Gasteiger partial charge is 0.289 e. The maximum atomic E-state index is 12.0. The van der Waals surface area contributed by atoms with Crippen molar-refractivity contribution in [2.24, 2.45) is 5.73 Å². The molecule has 0 aliphatic heterocycles. The summed E-state index contributed by atoms with van der Waals surface area (Å²) in [5, 5.41) is 2.87. The van der Waals surface area contributed by atoms with Gasteiger partial charge in [0, 0.05) is 19.0 Å². The van der Waals surface area contributed by atoms with Gasteiger partial charge in [-0.1, -0.05) is 19.3 Å². The molecule has 0 saturated heterocycles. The third-order valence-electron chi connectivity index (χ3n) is 3.56. The standard InChI is InChI=1S/C13H21N3O2/c1-9-11(18-10(2)16-9)12(17)15-8-13(14)6-4-3-5-7-13/h3-8,14H2,1-2H3,(H,15,17). The molecule has 5 nitrogen and oxygen atoms in total. The molecule has 1 fully saturated rings. The van der Waals surface area contributed by atoms with E-state index in [2.05, 4.69) is 10.3 Å². The lowest BCUT2D eigenvalue weighted by Crippen LogP contribution is -2.51. The first-order valence-corrected chi connectivity index (χ1v) is 6.51. The molecule has 0 unspecified atom stereocenters. The zero-order chi connectivity index (χ0) is 13.2. The summed E-state index contributed by atoms with van der Waals surface area (Å²) in [5.41, 5.74) is 6.64. The van der Waals surface area contributed by atoms with Crippen LogP contribution in [0.4, 0.5) is 0 Å². The van der Waals surface area contributed by atoms with Gasteiger partial charge in [-0.05, 0) is 19.8 Å². The Hall–Kier alpha value is -1.36. The lowest BCUT2D eigenvalue weighted by atomic mass is 9.82. The number of aromatic nitrogens is 1. The fourth-order valence-corrected chi connectivity index (χ4v) is 2.51. The molecule has 1 aromatic rings. The van der Waals surface area contributed by atoms with Crippen molar-refractivity contribution in [3.05, 3.63) is 17.3 Å². The molecule has 1 amide bonds. The second-order valence-corrected chi connectivity index (χ2v) is 5.25. The highest BCUT2D eigenvalue weighted by atomic mass is 16.4. The highest BCUT2D eigenvalue weighted by molar-refractivity contribution is 5.92. The summed E-state index contributed by atoms with van der Waals surface area (Å²) in [7, 11) is 0. The summed E-state index contributed by atoms with van der Waals surface area (Å²) >= 11 is 0. The molecule has 0 spiro atoms. The zero-order valence-electron chi connectivity index (χ0n) is 11.1. The van der Waals surface area contributed by atoms with Crippen LogP contribution in [0.1, 0.15) is 54.2 Å². The summed E-state index contributed by atoms with van der Waals surface area (Å²) in [6.45, 7) is 4.00. The zero-order valence-corrected chi connectivity index (χ0v) is 11.1. The van der Waals surface area contributed by atoms with Crippen molar-refractivity contribution in [3.8, 4) is 0 Å². The SMILES string of the molecule is Cc1nc(C)c(C(=O)NCC2(N)CCCCC2)o1. The Kier molecular flexibility index (Phi) is 3.71. The molecular formula is C13H21N3O2.